The molecular formula is C21H19BrF3N3O3. The van der Waals surface area contributed by atoms with Crippen molar-refractivity contribution in [2.75, 3.05) is 7.11 Å². The Morgan fingerprint density at radius 2 is 1.87 bits per heavy atom. The first-order valence-corrected chi connectivity index (χ1v) is 9.98. The summed E-state index contributed by atoms with van der Waals surface area (Å²) in [6.45, 7) is 2.99. The maximum Gasteiger partial charge on any atom is 0.438 e. The van der Waals surface area contributed by atoms with Crippen molar-refractivity contribution in [1.82, 2.24) is 14.9 Å². The molecule has 0 atom stereocenters. The standard InChI is InChI=1S/C21H19BrF3N3O3/c1-11-6-15-16(7-12(11)2)28(20(30)19(27-15)21(23,24)25)10-18(29)26-9-13-8-14(22)4-5-17(13)31-3/h4-8H,9-10H2,1-3H3,(H,26,29). The van der Waals surface area contributed by atoms with Gasteiger partial charge in [0.2, 0.25) is 11.6 Å². The number of methoxy groups -OCH3 is 1. The lowest BCUT2D eigenvalue weighted by molar-refractivity contribution is -0.142. The van der Waals surface area contributed by atoms with Crippen LogP contribution in [0.3, 0.4) is 0 Å². The van der Waals surface area contributed by atoms with E-state index in [-0.39, 0.29) is 17.6 Å². The van der Waals surface area contributed by atoms with E-state index in [1.807, 2.05) is 0 Å². The minimum Gasteiger partial charge on any atom is -0.496 e. The number of hydrogen-bond donors (Lipinski definition) is 1. The van der Waals surface area contributed by atoms with Gasteiger partial charge in [-0.25, -0.2) is 4.98 Å². The summed E-state index contributed by atoms with van der Waals surface area (Å²) in [5.41, 5.74) is -0.596. The van der Waals surface area contributed by atoms with Crippen molar-refractivity contribution in [3.05, 3.63) is 67.5 Å². The molecule has 0 unspecified atom stereocenters. The second-order valence-electron chi connectivity index (χ2n) is 7.01. The number of carbonyl (C=O) groups excluding carboxylic acids is 1. The number of hydrogen-bond acceptors (Lipinski definition) is 4. The molecule has 0 bridgehead atoms. The van der Waals surface area contributed by atoms with Gasteiger partial charge in [0, 0.05) is 16.6 Å². The highest BCUT2D eigenvalue weighted by Gasteiger charge is 2.37. The molecule has 6 nitrogen and oxygen atoms in total. The number of aryl methyl sites for hydroxylation is 2. The van der Waals surface area contributed by atoms with Gasteiger partial charge in [-0.15, -0.1) is 0 Å². The van der Waals surface area contributed by atoms with Gasteiger partial charge in [0.05, 0.1) is 18.1 Å². The third-order valence-corrected chi connectivity index (χ3v) is 5.34. The first-order valence-electron chi connectivity index (χ1n) is 9.19. The van der Waals surface area contributed by atoms with Crippen molar-refractivity contribution in [1.29, 1.82) is 0 Å². The Bertz CT molecular complexity index is 1220. The van der Waals surface area contributed by atoms with E-state index in [0.717, 1.165) is 20.2 Å². The molecule has 0 fully saturated rings. The summed E-state index contributed by atoms with van der Waals surface area (Å²) < 4.78 is 46.9. The minimum absolute atomic E-state index is 0.00326. The normalized spacial score (nSPS) is 11.6. The predicted octanol–water partition coefficient (Wildman–Crippen LogP) is 4.12. The van der Waals surface area contributed by atoms with E-state index >= 15 is 0 Å². The molecule has 164 valence electrons. The number of aromatic nitrogens is 2. The van der Waals surface area contributed by atoms with E-state index in [9.17, 15) is 22.8 Å². The van der Waals surface area contributed by atoms with Gasteiger partial charge in [-0.3, -0.25) is 14.2 Å². The quantitative estimate of drug-likeness (QED) is 0.575. The summed E-state index contributed by atoms with van der Waals surface area (Å²) in [7, 11) is 1.49. The lowest BCUT2D eigenvalue weighted by atomic mass is 10.1. The number of alkyl halides is 3. The molecule has 0 aliphatic carbocycles. The van der Waals surface area contributed by atoms with Crippen LogP contribution in [0.4, 0.5) is 13.2 Å². The molecule has 1 N–H and O–H groups in total. The van der Waals surface area contributed by atoms with Crippen LogP contribution in [0.1, 0.15) is 22.4 Å². The van der Waals surface area contributed by atoms with Crippen LogP contribution in [0.15, 0.2) is 39.6 Å². The van der Waals surface area contributed by atoms with Crippen LogP contribution in [0, 0.1) is 13.8 Å². The van der Waals surface area contributed by atoms with Crippen molar-refractivity contribution < 1.29 is 22.7 Å². The first-order chi connectivity index (χ1) is 14.5. The SMILES string of the molecule is COc1ccc(Br)cc1CNC(=O)Cn1c(=O)c(C(F)(F)F)nc2cc(C)c(C)cc21. The van der Waals surface area contributed by atoms with Crippen LogP contribution in [-0.4, -0.2) is 22.6 Å². The third-order valence-electron chi connectivity index (χ3n) is 4.85. The number of carbonyl (C=O) groups is 1. The molecule has 0 saturated carbocycles. The molecule has 31 heavy (non-hydrogen) atoms. The Kier molecular flexibility index (Phi) is 6.40. The van der Waals surface area contributed by atoms with Crippen LogP contribution in [-0.2, 0) is 24.1 Å². The molecule has 10 heteroatoms. The number of benzene rings is 2. The molecule has 0 spiro atoms. The second kappa shape index (κ2) is 8.70. The molecule has 2 aromatic carbocycles. The fourth-order valence-corrected chi connectivity index (χ4v) is 3.53. The molecule has 0 saturated heterocycles. The van der Waals surface area contributed by atoms with Crippen molar-refractivity contribution >= 4 is 32.9 Å². The van der Waals surface area contributed by atoms with Crippen molar-refractivity contribution in [2.45, 2.75) is 33.1 Å². The van der Waals surface area contributed by atoms with Crippen molar-refractivity contribution in [2.24, 2.45) is 0 Å². The molecule has 3 aromatic rings. The molecule has 1 aromatic heterocycles. The maximum absolute atomic E-state index is 13.4. The third kappa shape index (κ3) is 4.90. The lowest BCUT2D eigenvalue weighted by Crippen LogP contribution is -2.36. The Morgan fingerprint density at radius 3 is 2.52 bits per heavy atom. The second-order valence-corrected chi connectivity index (χ2v) is 7.92. The van der Waals surface area contributed by atoms with Gasteiger partial charge in [-0.05, 0) is 55.3 Å². The highest BCUT2D eigenvalue weighted by Crippen LogP contribution is 2.27. The van der Waals surface area contributed by atoms with Gasteiger partial charge < -0.3 is 10.1 Å². The molecule has 0 radical (unpaired) electrons. The van der Waals surface area contributed by atoms with Gasteiger partial charge in [0.25, 0.3) is 5.56 Å². The monoisotopic (exact) mass is 497 g/mol. The van der Waals surface area contributed by atoms with E-state index in [1.165, 1.54) is 13.2 Å². The van der Waals surface area contributed by atoms with E-state index < -0.39 is 29.9 Å². The summed E-state index contributed by atoms with van der Waals surface area (Å²) in [6, 6.07) is 8.27. The molecular weight excluding hydrogens is 479 g/mol. The number of fused-ring (bicyclic) bond motifs is 1. The average Bonchev–Trinajstić information content (AvgIpc) is 2.69. The zero-order valence-electron chi connectivity index (χ0n) is 16.9. The van der Waals surface area contributed by atoms with E-state index in [2.05, 4.69) is 26.2 Å². The Hall–Kier alpha value is -2.88. The Labute approximate surface area is 184 Å². The molecule has 0 aliphatic rings. The van der Waals surface area contributed by atoms with E-state index in [1.54, 1.807) is 38.1 Å². The summed E-state index contributed by atoms with van der Waals surface area (Å²) >= 11 is 3.33. The highest BCUT2D eigenvalue weighted by atomic mass is 79.9. The molecule has 0 aliphatic heterocycles. The van der Waals surface area contributed by atoms with Crippen molar-refractivity contribution in [3.63, 3.8) is 0 Å². The number of ether oxygens (including phenoxy) is 1. The average molecular weight is 498 g/mol. The van der Waals surface area contributed by atoms with Gasteiger partial charge >= 0.3 is 6.18 Å². The van der Waals surface area contributed by atoms with Crippen molar-refractivity contribution in [3.8, 4) is 5.75 Å². The van der Waals surface area contributed by atoms with E-state index in [0.29, 0.717) is 11.3 Å². The number of nitrogens with zero attached hydrogens (tertiary/aromatic N) is 2. The van der Waals surface area contributed by atoms with Gasteiger partial charge in [0.1, 0.15) is 12.3 Å². The Morgan fingerprint density at radius 1 is 1.19 bits per heavy atom. The fraction of sp³-hybridized carbons (Fsp3) is 0.286. The lowest BCUT2D eigenvalue weighted by Gasteiger charge is -2.15. The zero-order valence-corrected chi connectivity index (χ0v) is 18.5. The summed E-state index contributed by atoms with van der Waals surface area (Å²) in [5, 5.41) is 2.62. The van der Waals surface area contributed by atoms with Crippen LogP contribution in [0.2, 0.25) is 0 Å². The molecule has 1 heterocycles. The maximum atomic E-state index is 13.4. The number of rotatable bonds is 5. The van der Waals surface area contributed by atoms with Crippen LogP contribution in [0.5, 0.6) is 5.75 Å². The highest BCUT2D eigenvalue weighted by molar-refractivity contribution is 9.10. The van der Waals surface area contributed by atoms with Gasteiger partial charge in [-0.2, -0.15) is 13.2 Å². The smallest absolute Gasteiger partial charge is 0.438 e. The van der Waals surface area contributed by atoms with Gasteiger partial charge in [0.15, 0.2) is 0 Å². The van der Waals surface area contributed by atoms with Gasteiger partial charge in [-0.1, -0.05) is 15.9 Å². The first kappa shape index (κ1) is 22.8. The zero-order chi connectivity index (χ0) is 22.9. The molecule has 1 amide bonds. The summed E-state index contributed by atoms with van der Waals surface area (Å²) in [6.07, 6.45) is -4.94. The predicted molar refractivity (Wildman–Crippen MR) is 113 cm³/mol. The molecule has 3 rings (SSSR count). The van der Waals surface area contributed by atoms with E-state index in [4.69, 9.17) is 4.74 Å². The van der Waals surface area contributed by atoms with Crippen LogP contribution < -0.4 is 15.6 Å². The Balaban J connectivity index is 1.97. The number of halogens is 4. The summed E-state index contributed by atoms with van der Waals surface area (Å²) in [4.78, 5) is 28.6. The van der Waals surface area contributed by atoms with Crippen LogP contribution >= 0.6 is 15.9 Å². The summed E-state index contributed by atoms with van der Waals surface area (Å²) in [5.74, 6) is -0.0801. The topological polar surface area (TPSA) is 73.2 Å². The fourth-order valence-electron chi connectivity index (χ4n) is 3.12. The number of amides is 1. The number of nitrogens with one attached hydrogen (secondary N) is 1. The largest absolute Gasteiger partial charge is 0.496 e. The van der Waals surface area contributed by atoms with Crippen LogP contribution in [0.25, 0.3) is 11.0 Å². The minimum atomic E-state index is -4.94.